The Labute approximate surface area is 114 Å². The van der Waals surface area contributed by atoms with Crippen LogP contribution >= 0.6 is 0 Å². The van der Waals surface area contributed by atoms with E-state index in [1.807, 2.05) is 6.92 Å². The summed E-state index contributed by atoms with van der Waals surface area (Å²) in [7, 11) is 0. The molecule has 0 aliphatic carbocycles. The number of aliphatic hydroxyl groups is 1. The molecule has 0 aromatic carbocycles. The highest BCUT2D eigenvalue weighted by atomic mass is 16.5. The molecule has 2 atom stereocenters. The number of carbonyl (C=O) groups excluding carboxylic acids is 2. The standard InChI is InChI=1S/C13H24N2O4/c1-3-4-9-19-13(18)14-10(2)12(17)15-8-6-5-7-11(15)16/h10,12,17H,3-9H2,1-2H3,(H,14,18). The van der Waals surface area contributed by atoms with E-state index in [1.165, 1.54) is 4.90 Å². The van der Waals surface area contributed by atoms with Gasteiger partial charge in [0.15, 0.2) is 0 Å². The normalized spacial score (nSPS) is 18.9. The monoisotopic (exact) mass is 272 g/mol. The van der Waals surface area contributed by atoms with Crippen LogP contribution < -0.4 is 5.32 Å². The van der Waals surface area contributed by atoms with E-state index < -0.39 is 18.4 Å². The Morgan fingerprint density at radius 3 is 2.89 bits per heavy atom. The number of piperidine rings is 1. The highest BCUT2D eigenvalue weighted by molar-refractivity contribution is 5.77. The molecule has 0 aromatic rings. The maximum absolute atomic E-state index is 11.7. The number of rotatable bonds is 6. The van der Waals surface area contributed by atoms with E-state index in [1.54, 1.807) is 6.92 Å². The summed E-state index contributed by atoms with van der Waals surface area (Å²) < 4.78 is 4.95. The second kappa shape index (κ2) is 7.99. The minimum absolute atomic E-state index is 0.0632. The quantitative estimate of drug-likeness (QED) is 0.713. The third kappa shape index (κ3) is 5.06. The van der Waals surface area contributed by atoms with Gasteiger partial charge in [0.05, 0.1) is 12.6 Å². The lowest BCUT2D eigenvalue weighted by Gasteiger charge is -2.34. The Balaban J connectivity index is 2.36. The molecule has 2 unspecified atom stereocenters. The molecule has 2 N–H and O–H groups in total. The number of nitrogens with one attached hydrogen (secondary N) is 1. The predicted octanol–water partition coefficient (Wildman–Crippen LogP) is 1.23. The summed E-state index contributed by atoms with van der Waals surface area (Å²) in [6.45, 7) is 4.58. The van der Waals surface area contributed by atoms with E-state index in [0.29, 0.717) is 19.6 Å². The van der Waals surface area contributed by atoms with Crippen molar-refractivity contribution in [3.05, 3.63) is 0 Å². The summed E-state index contributed by atoms with van der Waals surface area (Å²) in [5.41, 5.74) is 0. The van der Waals surface area contributed by atoms with E-state index >= 15 is 0 Å². The van der Waals surface area contributed by atoms with Crippen molar-refractivity contribution in [2.75, 3.05) is 13.2 Å². The Morgan fingerprint density at radius 1 is 1.53 bits per heavy atom. The van der Waals surface area contributed by atoms with Crippen molar-refractivity contribution in [1.29, 1.82) is 0 Å². The molecule has 110 valence electrons. The molecule has 0 bridgehead atoms. The highest BCUT2D eigenvalue weighted by Gasteiger charge is 2.29. The fourth-order valence-corrected chi connectivity index (χ4v) is 1.99. The van der Waals surface area contributed by atoms with Crippen molar-refractivity contribution in [2.24, 2.45) is 0 Å². The van der Waals surface area contributed by atoms with E-state index in [9.17, 15) is 14.7 Å². The lowest BCUT2D eigenvalue weighted by atomic mass is 10.1. The predicted molar refractivity (Wildman–Crippen MR) is 70.4 cm³/mol. The average Bonchev–Trinajstić information content (AvgIpc) is 2.38. The zero-order chi connectivity index (χ0) is 14.3. The van der Waals surface area contributed by atoms with Crippen molar-refractivity contribution < 1.29 is 19.4 Å². The van der Waals surface area contributed by atoms with E-state index in [0.717, 1.165) is 25.7 Å². The van der Waals surface area contributed by atoms with Crippen molar-refractivity contribution in [2.45, 2.75) is 58.2 Å². The Bertz CT molecular complexity index is 309. The highest BCUT2D eigenvalue weighted by Crippen LogP contribution is 2.14. The fourth-order valence-electron chi connectivity index (χ4n) is 1.99. The minimum Gasteiger partial charge on any atom is -0.450 e. The molecule has 1 saturated heterocycles. The van der Waals surface area contributed by atoms with Crippen LogP contribution in [0.2, 0.25) is 0 Å². The Hall–Kier alpha value is -1.30. The topological polar surface area (TPSA) is 78.9 Å². The van der Waals surface area contributed by atoms with Crippen LogP contribution in [0, 0.1) is 0 Å². The number of hydrogen-bond donors (Lipinski definition) is 2. The SMILES string of the molecule is CCCCOC(=O)NC(C)C(O)N1CCCCC1=O. The smallest absolute Gasteiger partial charge is 0.407 e. The van der Waals surface area contributed by atoms with Crippen LogP contribution in [-0.2, 0) is 9.53 Å². The van der Waals surface area contributed by atoms with Crippen molar-refractivity contribution in [3.8, 4) is 0 Å². The molecule has 1 fully saturated rings. The molecule has 0 spiro atoms. The van der Waals surface area contributed by atoms with Gasteiger partial charge in [0.25, 0.3) is 0 Å². The molecule has 0 saturated carbocycles. The first-order valence-corrected chi connectivity index (χ1v) is 6.97. The molecular weight excluding hydrogens is 248 g/mol. The van der Waals surface area contributed by atoms with Crippen LogP contribution in [0.5, 0.6) is 0 Å². The van der Waals surface area contributed by atoms with Crippen LogP contribution in [0.3, 0.4) is 0 Å². The van der Waals surface area contributed by atoms with Gasteiger partial charge in [0.2, 0.25) is 5.91 Å². The van der Waals surface area contributed by atoms with Gasteiger partial charge in [-0.2, -0.15) is 0 Å². The van der Waals surface area contributed by atoms with Crippen molar-refractivity contribution in [1.82, 2.24) is 10.2 Å². The number of ether oxygens (including phenoxy) is 1. The van der Waals surface area contributed by atoms with Crippen LogP contribution in [-0.4, -0.2) is 47.4 Å². The molecule has 0 aromatic heterocycles. The lowest BCUT2D eigenvalue weighted by molar-refractivity contribution is -0.146. The van der Waals surface area contributed by atoms with Crippen LogP contribution in [0.15, 0.2) is 0 Å². The summed E-state index contributed by atoms with van der Waals surface area (Å²) in [6, 6.07) is -0.545. The van der Waals surface area contributed by atoms with Gasteiger partial charge in [-0.1, -0.05) is 13.3 Å². The summed E-state index contributed by atoms with van der Waals surface area (Å²) in [5, 5.41) is 12.6. The largest absolute Gasteiger partial charge is 0.450 e. The van der Waals surface area contributed by atoms with Gasteiger partial charge in [-0.15, -0.1) is 0 Å². The summed E-state index contributed by atoms with van der Waals surface area (Å²) >= 11 is 0. The number of amides is 2. The second-order valence-corrected chi connectivity index (χ2v) is 4.88. The van der Waals surface area contributed by atoms with E-state index in [2.05, 4.69) is 5.32 Å². The third-order valence-electron chi connectivity index (χ3n) is 3.20. The van der Waals surface area contributed by atoms with Gasteiger partial charge >= 0.3 is 6.09 Å². The number of aliphatic hydroxyl groups excluding tert-OH is 1. The molecule has 19 heavy (non-hydrogen) atoms. The zero-order valence-electron chi connectivity index (χ0n) is 11.7. The van der Waals surface area contributed by atoms with Crippen molar-refractivity contribution in [3.63, 3.8) is 0 Å². The summed E-state index contributed by atoms with van der Waals surface area (Å²) in [6.07, 6.45) is 2.43. The number of likely N-dealkylation sites (tertiary alicyclic amines) is 1. The Kier molecular flexibility index (Phi) is 6.62. The maximum Gasteiger partial charge on any atom is 0.407 e. The van der Waals surface area contributed by atoms with Gasteiger partial charge < -0.3 is 20.1 Å². The molecule has 1 heterocycles. The molecule has 1 rings (SSSR count). The van der Waals surface area contributed by atoms with Gasteiger partial charge in [-0.3, -0.25) is 4.79 Å². The molecule has 0 radical (unpaired) electrons. The van der Waals surface area contributed by atoms with Gasteiger partial charge in [0, 0.05) is 13.0 Å². The molecule has 6 nitrogen and oxygen atoms in total. The number of carbonyl (C=O) groups is 2. The lowest BCUT2D eigenvalue weighted by Crippen LogP contribution is -2.53. The number of unbranched alkanes of at least 4 members (excludes halogenated alkanes) is 1. The molecule has 6 heteroatoms. The molecule has 2 amide bonds. The fraction of sp³-hybridized carbons (Fsp3) is 0.846. The minimum atomic E-state index is -0.994. The second-order valence-electron chi connectivity index (χ2n) is 4.88. The van der Waals surface area contributed by atoms with Gasteiger partial charge in [0.1, 0.15) is 6.23 Å². The van der Waals surface area contributed by atoms with E-state index in [-0.39, 0.29) is 5.91 Å². The van der Waals surface area contributed by atoms with Crippen LogP contribution in [0.1, 0.15) is 46.0 Å². The first-order valence-electron chi connectivity index (χ1n) is 6.97. The zero-order valence-corrected chi connectivity index (χ0v) is 11.7. The number of alkyl carbamates (subject to hydrolysis) is 1. The molecule has 1 aliphatic rings. The molecular formula is C13H24N2O4. The summed E-state index contributed by atoms with van der Waals surface area (Å²) in [4.78, 5) is 24.5. The van der Waals surface area contributed by atoms with Crippen molar-refractivity contribution >= 4 is 12.0 Å². The maximum atomic E-state index is 11.7. The Morgan fingerprint density at radius 2 is 2.26 bits per heavy atom. The summed E-state index contributed by atoms with van der Waals surface area (Å²) in [5.74, 6) is -0.0632. The molecule has 1 aliphatic heterocycles. The number of hydrogen-bond acceptors (Lipinski definition) is 4. The number of nitrogens with zero attached hydrogens (tertiary/aromatic N) is 1. The van der Waals surface area contributed by atoms with Crippen LogP contribution in [0.25, 0.3) is 0 Å². The van der Waals surface area contributed by atoms with Crippen LogP contribution in [0.4, 0.5) is 4.79 Å². The van der Waals surface area contributed by atoms with Gasteiger partial charge in [-0.05, 0) is 26.2 Å². The van der Waals surface area contributed by atoms with Gasteiger partial charge in [-0.25, -0.2) is 4.79 Å². The first-order chi connectivity index (χ1) is 9.06. The average molecular weight is 272 g/mol. The first kappa shape index (κ1) is 15.8. The third-order valence-corrected chi connectivity index (χ3v) is 3.20. The van der Waals surface area contributed by atoms with E-state index in [4.69, 9.17) is 4.74 Å².